The average molecular weight is 565 g/mol. The van der Waals surface area contributed by atoms with E-state index >= 15 is 0 Å². The van der Waals surface area contributed by atoms with E-state index in [2.05, 4.69) is 4.98 Å². The summed E-state index contributed by atoms with van der Waals surface area (Å²) in [6.45, 7) is 7.05. The van der Waals surface area contributed by atoms with Crippen LogP contribution in [0.3, 0.4) is 0 Å². The number of carboxylic acids is 1. The standard InChI is InChI=1S/C23H37N2O12P/c1-6-34-38(31,35-7-2)13-15(4)18-19(36-17(28)9-8-16(26)27)20(33-11-10-32-5)22(37-18)25-12-14(3)21(29)24-23(25)30/h12,15,18-20,22H,6-11,13H2,1-5H3,(H,26,27)(H,24,29,30)/t15-,18-,19-,20-,22-/m1/s1. The molecule has 0 aliphatic carbocycles. The van der Waals surface area contributed by atoms with E-state index < -0.39 is 74.1 Å². The minimum Gasteiger partial charge on any atom is -0.481 e. The normalized spacial score (nSPS) is 22.3. The first-order valence-corrected chi connectivity index (χ1v) is 14.1. The third kappa shape index (κ3) is 8.58. The largest absolute Gasteiger partial charge is 0.481 e. The molecule has 1 aromatic rings. The number of hydrogen-bond acceptors (Lipinski definition) is 11. The lowest BCUT2D eigenvalue weighted by molar-refractivity contribution is -0.161. The van der Waals surface area contributed by atoms with Crippen LogP contribution in [0.25, 0.3) is 0 Å². The third-order valence-corrected chi connectivity index (χ3v) is 8.10. The maximum atomic E-state index is 13.3. The zero-order chi connectivity index (χ0) is 28.5. The van der Waals surface area contributed by atoms with Gasteiger partial charge in [0.25, 0.3) is 5.56 Å². The Morgan fingerprint density at radius 3 is 2.39 bits per heavy atom. The number of esters is 1. The van der Waals surface area contributed by atoms with Gasteiger partial charge in [0.05, 0.1) is 45.4 Å². The molecule has 2 heterocycles. The first-order valence-electron chi connectivity index (χ1n) is 12.3. The lowest BCUT2D eigenvalue weighted by Crippen LogP contribution is -2.43. The molecule has 1 aromatic heterocycles. The van der Waals surface area contributed by atoms with Crippen LogP contribution in [0.4, 0.5) is 0 Å². The molecule has 14 nitrogen and oxygen atoms in total. The molecule has 1 saturated heterocycles. The molecular formula is C23H37N2O12P. The van der Waals surface area contributed by atoms with Gasteiger partial charge in [0.15, 0.2) is 12.3 Å². The molecule has 216 valence electrons. The number of methoxy groups -OCH3 is 1. The lowest BCUT2D eigenvalue weighted by Gasteiger charge is -2.28. The monoisotopic (exact) mass is 564 g/mol. The third-order valence-electron chi connectivity index (χ3n) is 5.78. The minimum absolute atomic E-state index is 0.0405. The Labute approximate surface area is 220 Å². The van der Waals surface area contributed by atoms with Gasteiger partial charge in [0, 0.05) is 18.9 Å². The lowest BCUT2D eigenvalue weighted by atomic mass is 9.99. The van der Waals surface area contributed by atoms with Gasteiger partial charge in [-0.25, -0.2) is 4.79 Å². The van der Waals surface area contributed by atoms with Crippen molar-refractivity contribution in [2.45, 2.75) is 65.1 Å². The second-order valence-electron chi connectivity index (χ2n) is 8.75. The molecule has 5 atom stereocenters. The van der Waals surface area contributed by atoms with E-state index in [1.165, 1.54) is 20.2 Å². The predicted molar refractivity (Wildman–Crippen MR) is 133 cm³/mol. The molecule has 2 rings (SSSR count). The van der Waals surface area contributed by atoms with Crippen molar-refractivity contribution in [2.24, 2.45) is 5.92 Å². The molecule has 1 aliphatic rings. The number of carbonyl (C=O) groups excluding carboxylic acids is 1. The molecule has 15 heteroatoms. The van der Waals surface area contributed by atoms with E-state index in [1.54, 1.807) is 20.8 Å². The van der Waals surface area contributed by atoms with Crippen LogP contribution in [0.5, 0.6) is 0 Å². The van der Waals surface area contributed by atoms with Crippen LogP contribution in [0.2, 0.25) is 0 Å². The van der Waals surface area contributed by atoms with Gasteiger partial charge in [-0.15, -0.1) is 0 Å². The predicted octanol–water partition coefficient (Wildman–Crippen LogP) is 1.45. The quantitative estimate of drug-likeness (QED) is 0.168. The van der Waals surface area contributed by atoms with E-state index in [1.807, 2.05) is 0 Å². The SMILES string of the molecule is CCOP(=O)(C[C@@H](C)[C@H]1O[C@@H](n2cc(C)c(=O)[nH]c2=O)[C@H](OCCOC)[C@@H]1OC(=O)CCC(=O)O)OCC. The molecule has 0 aromatic carbocycles. The molecule has 2 N–H and O–H groups in total. The number of ether oxygens (including phenoxy) is 4. The Kier molecular flexibility index (Phi) is 12.3. The summed E-state index contributed by atoms with van der Waals surface area (Å²) in [5.41, 5.74) is -1.12. The Bertz CT molecular complexity index is 1090. The van der Waals surface area contributed by atoms with Gasteiger partial charge in [-0.1, -0.05) is 6.92 Å². The van der Waals surface area contributed by atoms with Crippen molar-refractivity contribution in [3.8, 4) is 0 Å². The molecule has 1 fully saturated rings. The van der Waals surface area contributed by atoms with Crippen LogP contribution >= 0.6 is 7.60 Å². The van der Waals surface area contributed by atoms with Gasteiger partial charge in [-0.3, -0.25) is 28.5 Å². The van der Waals surface area contributed by atoms with Crippen LogP contribution < -0.4 is 11.2 Å². The number of carbonyl (C=O) groups is 2. The molecular weight excluding hydrogens is 527 g/mol. The summed E-state index contributed by atoms with van der Waals surface area (Å²) in [7, 11) is -2.08. The maximum Gasteiger partial charge on any atom is 0.331 e. The number of hydrogen-bond donors (Lipinski definition) is 2. The van der Waals surface area contributed by atoms with E-state index in [0.29, 0.717) is 0 Å². The van der Waals surface area contributed by atoms with Gasteiger partial charge in [0.2, 0.25) is 0 Å². The first-order chi connectivity index (χ1) is 18.0. The van der Waals surface area contributed by atoms with Crippen molar-refractivity contribution in [3.63, 3.8) is 0 Å². The molecule has 0 bridgehead atoms. The van der Waals surface area contributed by atoms with Gasteiger partial charge >= 0.3 is 25.2 Å². The summed E-state index contributed by atoms with van der Waals surface area (Å²) >= 11 is 0. The zero-order valence-electron chi connectivity index (χ0n) is 22.2. The zero-order valence-corrected chi connectivity index (χ0v) is 23.1. The van der Waals surface area contributed by atoms with Crippen LogP contribution in [-0.4, -0.2) is 84.6 Å². The topological polar surface area (TPSA) is 182 Å². The van der Waals surface area contributed by atoms with Gasteiger partial charge in [-0.2, -0.15) is 0 Å². The summed E-state index contributed by atoms with van der Waals surface area (Å²) in [6.07, 6.45) is -3.96. The van der Waals surface area contributed by atoms with Crippen LogP contribution in [-0.2, 0) is 42.1 Å². The van der Waals surface area contributed by atoms with E-state index in [9.17, 15) is 23.7 Å². The van der Waals surface area contributed by atoms with Crippen LogP contribution in [0.15, 0.2) is 15.8 Å². The number of nitrogens with zero attached hydrogens (tertiary/aromatic N) is 1. The number of aromatic nitrogens is 2. The Morgan fingerprint density at radius 1 is 1.16 bits per heavy atom. The fourth-order valence-electron chi connectivity index (χ4n) is 4.11. The van der Waals surface area contributed by atoms with Crippen molar-refractivity contribution in [1.82, 2.24) is 9.55 Å². The Balaban J connectivity index is 2.51. The van der Waals surface area contributed by atoms with Crippen molar-refractivity contribution in [2.75, 3.05) is 39.7 Å². The maximum absolute atomic E-state index is 13.3. The number of rotatable bonds is 16. The summed E-state index contributed by atoms with van der Waals surface area (Å²) in [5.74, 6) is -2.60. The fraction of sp³-hybridized carbons (Fsp3) is 0.739. The van der Waals surface area contributed by atoms with Crippen molar-refractivity contribution < 1.29 is 47.3 Å². The van der Waals surface area contributed by atoms with Crippen molar-refractivity contribution in [1.29, 1.82) is 0 Å². The van der Waals surface area contributed by atoms with Crippen molar-refractivity contribution in [3.05, 3.63) is 32.6 Å². The molecule has 0 radical (unpaired) electrons. The van der Waals surface area contributed by atoms with Gasteiger partial charge in [-0.05, 0) is 26.7 Å². The molecule has 38 heavy (non-hydrogen) atoms. The molecule has 1 aliphatic heterocycles. The second kappa shape index (κ2) is 14.7. The van der Waals surface area contributed by atoms with Gasteiger partial charge in [0.1, 0.15) is 12.2 Å². The molecule has 0 amide bonds. The van der Waals surface area contributed by atoms with E-state index in [4.69, 9.17) is 33.1 Å². The number of aliphatic carboxylic acids is 1. The first kappa shape index (κ1) is 31.9. The molecule has 0 spiro atoms. The van der Waals surface area contributed by atoms with Gasteiger partial charge < -0.3 is 33.1 Å². The fourth-order valence-corrected chi connectivity index (χ4v) is 6.10. The Morgan fingerprint density at radius 2 is 1.82 bits per heavy atom. The Hall–Kier alpha value is -2.35. The minimum atomic E-state index is -3.55. The smallest absolute Gasteiger partial charge is 0.331 e. The number of nitrogens with one attached hydrogen (secondary N) is 1. The number of aryl methyl sites for hydroxylation is 1. The highest BCUT2D eigenvalue weighted by Gasteiger charge is 2.52. The summed E-state index contributed by atoms with van der Waals surface area (Å²) in [6, 6.07) is 0. The van der Waals surface area contributed by atoms with E-state index in [0.717, 1.165) is 4.57 Å². The summed E-state index contributed by atoms with van der Waals surface area (Å²) in [4.78, 5) is 50.5. The molecule has 0 saturated carbocycles. The van der Waals surface area contributed by atoms with Crippen LogP contribution in [0.1, 0.15) is 45.4 Å². The highest BCUT2D eigenvalue weighted by Crippen LogP contribution is 2.51. The van der Waals surface area contributed by atoms with Crippen LogP contribution in [0, 0.1) is 12.8 Å². The average Bonchev–Trinajstić information content (AvgIpc) is 3.18. The number of carboxylic acid groups (broad SMARTS) is 1. The highest BCUT2D eigenvalue weighted by molar-refractivity contribution is 7.53. The molecule has 0 unspecified atom stereocenters. The second-order valence-corrected chi connectivity index (χ2v) is 10.9. The number of aromatic amines is 1. The number of H-pyrrole nitrogens is 1. The highest BCUT2D eigenvalue weighted by atomic mass is 31.2. The van der Waals surface area contributed by atoms with E-state index in [-0.39, 0.29) is 38.2 Å². The van der Waals surface area contributed by atoms with Crippen molar-refractivity contribution >= 4 is 19.5 Å². The summed E-state index contributed by atoms with van der Waals surface area (Å²) in [5, 5.41) is 8.96. The summed E-state index contributed by atoms with van der Waals surface area (Å²) < 4.78 is 48.1.